The predicted octanol–water partition coefficient (Wildman–Crippen LogP) is 35.3. The lowest BCUT2D eigenvalue weighted by Gasteiger charge is -2.18. The van der Waals surface area contributed by atoms with Crippen LogP contribution in [0.5, 0.6) is 0 Å². The van der Waals surface area contributed by atoms with E-state index in [1.807, 2.05) is 11.3 Å². The van der Waals surface area contributed by atoms with Gasteiger partial charge in [-0.2, -0.15) is 0 Å². The standard InChI is InChI=1S/C68H123Br2S2.C20H41/c1-5-9-12-15-18-21-24-26-28-30-32-34-36-39-42-45-48-51-55-63-59-65(71-67(63)69)61(8-4)57-53-58-62(54-50-47-44-41-38-23-20-17-14-11-7-3)66-60-64(68(70)72-66)56-52-49-46-43-40-37-35-33-31-29-27-25-22-19-16-13-10-6-2;1-3-5-7-9-11-13-15-17-19-20-18-16-14-12-10-8-6-4-2/h59-62H,4-58H2,1-3H3;1,3-20H2,2H3. The van der Waals surface area contributed by atoms with Crippen molar-refractivity contribution in [3.63, 3.8) is 0 Å². The zero-order valence-corrected chi connectivity index (χ0v) is 68.0. The third-order valence-corrected chi connectivity index (χ3v) is 25.2. The van der Waals surface area contributed by atoms with Crippen molar-refractivity contribution >= 4 is 54.5 Å². The van der Waals surface area contributed by atoms with Crippen LogP contribution in [0.25, 0.3) is 0 Å². The van der Waals surface area contributed by atoms with E-state index >= 15 is 0 Å². The summed E-state index contributed by atoms with van der Waals surface area (Å²) in [6.45, 7) is 17.6. The van der Waals surface area contributed by atoms with Crippen molar-refractivity contribution < 1.29 is 0 Å². The Morgan fingerprint density at radius 2 is 0.446 bits per heavy atom. The van der Waals surface area contributed by atoms with E-state index in [0.717, 1.165) is 12.8 Å². The van der Waals surface area contributed by atoms with E-state index in [4.69, 9.17) is 0 Å². The van der Waals surface area contributed by atoms with Gasteiger partial charge in [0.25, 0.3) is 0 Å². The van der Waals surface area contributed by atoms with Crippen LogP contribution in [0.15, 0.2) is 19.7 Å². The average molecular weight is 1450 g/mol. The Labute approximate surface area is 606 Å². The van der Waals surface area contributed by atoms with Crippen LogP contribution in [-0.2, 0) is 12.8 Å². The fourth-order valence-corrected chi connectivity index (χ4v) is 18.4. The van der Waals surface area contributed by atoms with Gasteiger partial charge in [-0.15, -0.1) is 22.7 Å². The van der Waals surface area contributed by atoms with Crippen LogP contribution in [-0.4, -0.2) is 0 Å². The van der Waals surface area contributed by atoms with Crippen LogP contribution in [0.4, 0.5) is 0 Å². The third-order valence-electron chi connectivity index (χ3n) is 20.9. The van der Waals surface area contributed by atoms with Gasteiger partial charge in [0.1, 0.15) is 0 Å². The number of hydrogen-bond acceptors (Lipinski definition) is 2. The van der Waals surface area contributed by atoms with Gasteiger partial charge in [-0.25, -0.2) is 0 Å². The first kappa shape index (κ1) is 90.4. The molecule has 0 aliphatic heterocycles. The lowest BCUT2D eigenvalue weighted by Crippen LogP contribution is -2.01. The van der Waals surface area contributed by atoms with E-state index < -0.39 is 0 Å². The molecule has 2 heterocycles. The molecule has 0 aromatic carbocycles. The Hall–Kier alpha value is 0.360. The van der Waals surface area contributed by atoms with Gasteiger partial charge in [-0.3, -0.25) is 0 Å². The van der Waals surface area contributed by atoms with Crippen LogP contribution in [0.3, 0.4) is 0 Å². The van der Waals surface area contributed by atoms with Crippen LogP contribution < -0.4 is 0 Å². The normalized spacial score (nSPS) is 12.3. The molecular formula is C88H164Br2S2. The van der Waals surface area contributed by atoms with Crippen molar-refractivity contribution in [3.05, 3.63) is 54.4 Å². The molecule has 2 aromatic heterocycles. The van der Waals surface area contributed by atoms with Gasteiger partial charge in [-0.05, 0) is 118 Å². The van der Waals surface area contributed by atoms with Crippen LogP contribution >= 0.6 is 54.5 Å². The molecule has 0 aliphatic carbocycles. The number of halogens is 2. The summed E-state index contributed by atoms with van der Waals surface area (Å²) in [6.07, 6.45) is 102. The lowest BCUT2D eigenvalue weighted by atomic mass is 9.89. The number of unbranched alkanes of at least 4 members (excludes halogenated alkanes) is 61. The summed E-state index contributed by atoms with van der Waals surface area (Å²) in [7, 11) is 0. The number of thiophene rings is 2. The smallest absolute Gasteiger partial charge is 0.0733 e. The molecule has 2 atom stereocenters. The van der Waals surface area contributed by atoms with Crippen molar-refractivity contribution in [2.24, 2.45) is 0 Å². The fraction of sp³-hybridized carbons (Fsp3) is 0.886. The van der Waals surface area contributed by atoms with Crippen molar-refractivity contribution in [1.29, 1.82) is 0 Å². The first-order chi connectivity index (χ1) is 45.4. The molecule has 4 heteroatoms. The van der Waals surface area contributed by atoms with E-state index in [1.54, 1.807) is 20.9 Å². The molecule has 92 heavy (non-hydrogen) atoms. The Balaban J connectivity index is 0.00000180. The predicted molar refractivity (Wildman–Crippen MR) is 434 cm³/mol. The summed E-state index contributed by atoms with van der Waals surface area (Å²) >= 11 is 12.2. The zero-order valence-electron chi connectivity index (χ0n) is 63.2. The van der Waals surface area contributed by atoms with Crippen molar-refractivity contribution in [2.45, 2.75) is 502 Å². The summed E-state index contributed by atoms with van der Waals surface area (Å²) in [4.78, 5) is 3.25. The van der Waals surface area contributed by atoms with E-state index in [1.165, 1.54) is 457 Å². The summed E-state index contributed by atoms with van der Waals surface area (Å²) < 4.78 is 2.82. The van der Waals surface area contributed by atoms with Gasteiger partial charge in [0.2, 0.25) is 0 Å². The van der Waals surface area contributed by atoms with Gasteiger partial charge in [0.15, 0.2) is 0 Å². The highest BCUT2D eigenvalue weighted by atomic mass is 79.9. The molecular weight excluding hydrogens is 1280 g/mol. The molecule has 0 amide bonds. The van der Waals surface area contributed by atoms with Gasteiger partial charge in [-0.1, -0.05) is 452 Å². The topological polar surface area (TPSA) is 0 Å². The van der Waals surface area contributed by atoms with E-state index in [-0.39, 0.29) is 0 Å². The van der Waals surface area contributed by atoms with Crippen LogP contribution in [0, 0.1) is 13.8 Å². The van der Waals surface area contributed by atoms with Crippen molar-refractivity contribution in [3.8, 4) is 0 Å². The van der Waals surface area contributed by atoms with E-state index in [2.05, 4.69) is 96.9 Å². The quantitative estimate of drug-likeness (QED) is 0.0579. The van der Waals surface area contributed by atoms with Crippen LogP contribution in [0.2, 0.25) is 0 Å². The maximum Gasteiger partial charge on any atom is 0.0733 e. The highest BCUT2D eigenvalue weighted by Crippen LogP contribution is 2.41. The van der Waals surface area contributed by atoms with Gasteiger partial charge in [0, 0.05) is 9.75 Å². The molecule has 0 spiro atoms. The first-order valence-electron chi connectivity index (χ1n) is 42.6. The largest absolute Gasteiger partial charge is 0.133 e. The monoisotopic (exact) mass is 1440 g/mol. The maximum atomic E-state index is 4.51. The molecule has 2 rings (SSSR count). The summed E-state index contributed by atoms with van der Waals surface area (Å²) in [5, 5.41) is 0. The second-order valence-electron chi connectivity index (χ2n) is 29.9. The highest BCUT2D eigenvalue weighted by molar-refractivity contribution is 9.11. The lowest BCUT2D eigenvalue weighted by molar-refractivity contribution is 0.481. The minimum Gasteiger partial charge on any atom is -0.133 e. The third kappa shape index (κ3) is 59.2. The molecule has 0 aliphatic rings. The molecule has 2 radical (unpaired) electrons. The number of rotatable bonds is 74. The molecule has 542 valence electrons. The minimum absolute atomic E-state index is 0.596. The second kappa shape index (κ2) is 74.1. The Kier molecular flexibility index (Phi) is 72.7. The molecule has 0 saturated heterocycles. The molecule has 0 fully saturated rings. The Morgan fingerprint density at radius 1 is 0.250 bits per heavy atom. The summed E-state index contributed by atoms with van der Waals surface area (Å²) in [5.41, 5.74) is 3.15. The van der Waals surface area contributed by atoms with E-state index in [9.17, 15) is 0 Å². The average Bonchev–Trinajstić information content (AvgIpc) is 2.65. The zero-order chi connectivity index (χ0) is 66.4. The molecule has 0 saturated carbocycles. The maximum absolute atomic E-state index is 4.51. The van der Waals surface area contributed by atoms with E-state index in [0.29, 0.717) is 11.8 Å². The molecule has 0 N–H and O–H groups in total. The summed E-state index contributed by atoms with van der Waals surface area (Å²) in [5.74, 6) is 1.30. The Morgan fingerprint density at radius 3 is 0.685 bits per heavy atom. The fourth-order valence-electron chi connectivity index (χ4n) is 14.5. The van der Waals surface area contributed by atoms with Crippen molar-refractivity contribution in [2.75, 3.05) is 0 Å². The van der Waals surface area contributed by atoms with Crippen molar-refractivity contribution in [1.82, 2.24) is 0 Å². The second-order valence-corrected chi connectivity index (χ2v) is 34.7. The number of hydrogen-bond donors (Lipinski definition) is 0. The molecule has 0 nitrogen and oxygen atoms in total. The number of aryl methyl sites for hydroxylation is 2. The van der Waals surface area contributed by atoms with Gasteiger partial charge in [0.05, 0.1) is 7.57 Å². The molecule has 0 bridgehead atoms. The van der Waals surface area contributed by atoms with Crippen LogP contribution in [0.1, 0.15) is 510 Å². The molecule has 2 aromatic rings. The molecule has 2 unspecified atom stereocenters. The Bertz CT molecular complexity index is 1670. The summed E-state index contributed by atoms with van der Waals surface area (Å²) in [6, 6.07) is 5.22. The first-order valence-corrected chi connectivity index (χ1v) is 45.8. The highest BCUT2D eigenvalue weighted by Gasteiger charge is 2.20. The van der Waals surface area contributed by atoms with Gasteiger partial charge >= 0.3 is 0 Å². The minimum atomic E-state index is 0.596. The SMILES string of the molecule is [CH2]CC(CCCC(CCCCCCCCCCCCC)c1cc(CCCCCCCCCCCCCCCCCCCC)c(Br)s1)c1cc(CCCCCCCCCCCCCCCCCCCC)c(Br)s1.[CH2]CCCCCCCCCCCCCCCCCCC. The van der Waals surface area contributed by atoms with Gasteiger partial charge < -0.3 is 0 Å².